The van der Waals surface area contributed by atoms with Gasteiger partial charge in [-0.15, -0.1) is 0 Å². The lowest BCUT2D eigenvalue weighted by Crippen LogP contribution is -2.27. The summed E-state index contributed by atoms with van der Waals surface area (Å²) >= 11 is 0. The quantitative estimate of drug-likeness (QED) is 0.669. The summed E-state index contributed by atoms with van der Waals surface area (Å²) < 4.78 is 6.94. The highest BCUT2D eigenvalue weighted by molar-refractivity contribution is 6.05. The van der Waals surface area contributed by atoms with Crippen LogP contribution in [-0.4, -0.2) is 27.4 Å². The molecule has 2 aromatic carbocycles. The zero-order chi connectivity index (χ0) is 21.0. The van der Waals surface area contributed by atoms with Gasteiger partial charge in [0.05, 0.1) is 23.1 Å². The maximum atomic E-state index is 12.6. The third kappa shape index (κ3) is 5.22. The minimum absolute atomic E-state index is 0.252. The summed E-state index contributed by atoms with van der Waals surface area (Å²) in [4.78, 5) is 24.5. The fourth-order valence-corrected chi connectivity index (χ4v) is 2.72. The predicted molar refractivity (Wildman–Crippen MR) is 113 cm³/mol. The molecular weight excluding hydrogens is 368 g/mol. The van der Waals surface area contributed by atoms with Crippen molar-refractivity contribution in [3.8, 4) is 5.69 Å². The number of para-hydroxylation sites is 1. The molecule has 0 saturated carbocycles. The van der Waals surface area contributed by atoms with E-state index in [0.29, 0.717) is 16.9 Å². The molecule has 0 aliphatic carbocycles. The molecule has 0 radical (unpaired) electrons. The van der Waals surface area contributed by atoms with Gasteiger partial charge in [-0.3, -0.25) is 10.1 Å². The average molecular weight is 392 g/mol. The minimum atomic E-state index is -0.569. The fourth-order valence-electron chi connectivity index (χ4n) is 2.72. The van der Waals surface area contributed by atoms with Gasteiger partial charge in [0, 0.05) is 11.4 Å². The van der Waals surface area contributed by atoms with Crippen molar-refractivity contribution in [1.82, 2.24) is 9.78 Å². The largest absolute Gasteiger partial charge is 0.444 e. The lowest BCUT2D eigenvalue weighted by molar-refractivity contribution is 0.0635. The van der Waals surface area contributed by atoms with E-state index in [-0.39, 0.29) is 5.91 Å². The maximum absolute atomic E-state index is 12.6. The Balaban J connectivity index is 1.66. The Bertz CT molecular complexity index is 1000. The molecule has 150 valence electrons. The lowest BCUT2D eigenvalue weighted by Gasteiger charge is -2.19. The number of hydrogen-bond acceptors (Lipinski definition) is 4. The number of amides is 2. The molecule has 7 nitrogen and oxygen atoms in total. The van der Waals surface area contributed by atoms with Crippen LogP contribution in [0.5, 0.6) is 0 Å². The monoisotopic (exact) mass is 392 g/mol. The van der Waals surface area contributed by atoms with Crippen LogP contribution in [0.25, 0.3) is 5.69 Å². The van der Waals surface area contributed by atoms with Gasteiger partial charge in [-0.05, 0) is 64.1 Å². The number of anilines is 2. The highest BCUT2D eigenvalue weighted by Crippen LogP contribution is 2.18. The first-order valence-corrected chi connectivity index (χ1v) is 9.24. The minimum Gasteiger partial charge on any atom is -0.444 e. The molecule has 0 aliphatic rings. The first-order valence-electron chi connectivity index (χ1n) is 9.24. The molecule has 2 amide bonds. The van der Waals surface area contributed by atoms with Gasteiger partial charge >= 0.3 is 6.09 Å². The molecule has 1 aromatic heterocycles. The summed E-state index contributed by atoms with van der Waals surface area (Å²) in [5.41, 5.74) is 2.74. The van der Waals surface area contributed by atoms with Crippen molar-refractivity contribution in [2.24, 2.45) is 0 Å². The Labute approximate surface area is 169 Å². The molecule has 3 rings (SSSR count). The van der Waals surface area contributed by atoms with Gasteiger partial charge in [0.15, 0.2) is 0 Å². The van der Waals surface area contributed by atoms with Crippen LogP contribution in [0.2, 0.25) is 0 Å². The van der Waals surface area contributed by atoms with Crippen molar-refractivity contribution in [1.29, 1.82) is 0 Å². The Kier molecular flexibility index (Phi) is 5.68. The van der Waals surface area contributed by atoms with E-state index in [1.54, 1.807) is 55.9 Å². The number of ether oxygens (including phenoxy) is 1. The van der Waals surface area contributed by atoms with Crippen molar-refractivity contribution < 1.29 is 14.3 Å². The Morgan fingerprint density at radius 1 is 0.931 bits per heavy atom. The summed E-state index contributed by atoms with van der Waals surface area (Å²) in [5.74, 6) is -0.252. The van der Waals surface area contributed by atoms with Crippen molar-refractivity contribution >= 4 is 23.4 Å². The van der Waals surface area contributed by atoms with Crippen LogP contribution < -0.4 is 10.6 Å². The molecule has 29 heavy (non-hydrogen) atoms. The number of hydrogen-bond donors (Lipinski definition) is 2. The molecule has 0 saturated heterocycles. The van der Waals surface area contributed by atoms with Crippen molar-refractivity contribution in [2.45, 2.75) is 33.3 Å². The van der Waals surface area contributed by atoms with E-state index in [0.717, 1.165) is 11.4 Å². The number of nitrogens with zero attached hydrogens (tertiary/aromatic N) is 2. The molecule has 0 aliphatic heterocycles. The smallest absolute Gasteiger partial charge is 0.412 e. The van der Waals surface area contributed by atoms with Crippen LogP contribution in [0, 0.1) is 6.92 Å². The van der Waals surface area contributed by atoms with Crippen molar-refractivity contribution in [2.75, 3.05) is 10.6 Å². The Hall–Kier alpha value is -3.61. The normalized spacial score (nSPS) is 11.0. The van der Waals surface area contributed by atoms with Gasteiger partial charge in [0.25, 0.3) is 5.91 Å². The Morgan fingerprint density at radius 2 is 1.52 bits per heavy atom. The van der Waals surface area contributed by atoms with Crippen LogP contribution >= 0.6 is 0 Å². The molecule has 7 heteroatoms. The van der Waals surface area contributed by atoms with E-state index in [1.807, 2.05) is 37.3 Å². The average Bonchev–Trinajstić information content (AvgIpc) is 3.04. The lowest BCUT2D eigenvalue weighted by atomic mass is 10.2. The topological polar surface area (TPSA) is 85.2 Å². The van der Waals surface area contributed by atoms with E-state index in [4.69, 9.17) is 4.74 Å². The predicted octanol–water partition coefficient (Wildman–Crippen LogP) is 4.78. The van der Waals surface area contributed by atoms with Crippen LogP contribution in [0.3, 0.4) is 0 Å². The fraction of sp³-hybridized carbons (Fsp3) is 0.227. The summed E-state index contributed by atoms with van der Waals surface area (Å²) in [6, 6.07) is 16.4. The van der Waals surface area contributed by atoms with E-state index >= 15 is 0 Å². The summed E-state index contributed by atoms with van der Waals surface area (Å²) in [5, 5.41) is 9.82. The Morgan fingerprint density at radius 3 is 2.10 bits per heavy atom. The molecule has 0 bridgehead atoms. The highest BCUT2D eigenvalue weighted by Gasteiger charge is 2.17. The van der Waals surface area contributed by atoms with Gasteiger partial charge < -0.3 is 10.1 Å². The van der Waals surface area contributed by atoms with E-state index in [9.17, 15) is 9.59 Å². The molecule has 2 N–H and O–H groups in total. The molecule has 0 spiro atoms. The van der Waals surface area contributed by atoms with Gasteiger partial charge in [0.1, 0.15) is 5.60 Å². The maximum Gasteiger partial charge on any atom is 0.412 e. The van der Waals surface area contributed by atoms with Gasteiger partial charge in [-0.1, -0.05) is 18.2 Å². The standard InChI is InChI=1S/C22H24N4O3/c1-15-19(14-23-26(15)18-8-6-5-7-9-18)20(27)24-16-10-12-17(13-11-16)25-21(28)29-22(2,3)4/h5-14H,1-4H3,(H,24,27)(H,25,28). The summed E-state index contributed by atoms with van der Waals surface area (Å²) in [7, 11) is 0. The van der Waals surface area contributed by atoms with Crippen LogP contribution in [-0.2, 0) is 4.74 Å². The molecule has 3 aromatic rings. The second-order valence-corrected chi connectivity index (χ2v) is 7.55. The van der Waals surface area contributed by atoms with E-state index < -0.39 is 11.7 Å². The summed E-state index contributed by atoms with van der Waals surface area (Å²) in [6.07, 6.45) is 1.02. The SMILES string of the molecule is Cc1c(C(=O)Nc2ccc(NC(=O)OC(C)(C)C)cc2)cnn1-c1ccccc1. The highest BCUT2D eigenvalue weighted by atomic mass is 16.6. The number of carbonyl (C=O) groups excluding carboxylic acids is 2. The third-order valence-corrected chi connectivity index (χ3v) is 4.04. The van der Waals surface area contributed by atoms with Crippen molar-refractivity contribution in [3.63, 3.8) is 0 Å². The summed E-state index contributed by atoms with van der Waals surface area (Å²) in [6.45, 7) is 7.25. The van der Waals surface area contributed by atoms with Crippen LogP contribution in [0.15, 0.2) is 60.8 Å². The van der Waals surface area contributed by atoms with Gasteiger partial charge in [-0.25, -0.2) is 9.48 Å². The number of rotatable bonds is 4. The molecular formula is C22H24N4O3. The number of benzene rings is 2. The van der Waals surface area contributed by atoms with Crippen LogP contribution in [0.4, 0.5) is 16.2 Å². The first-order chi connectivity index (χ1) is 13.7. The van der Waals surface area contributed by atoms with E-state index in [2.05, 4.69) is 15.7 Å². The molecule has 0 atom stereocenters. The van der Waals surface area contributed by atoms with E-state index in [1.165, 1.54) is 0 Å². The zero-order valence-electron chi connectivity index (χ0n) is 16.9. The third-order valence-electron chi connectivity index (χ3n) is 4.04. The molecule has 0 unspecified atom stereocenters. The van der Waals surface area contributed by atoms with Crippen molar-refractivity contribution in [3.05, 3.63) is 72.1 Å². The zero-order valence-corrected chi connectivity index (χ0v) is 16.9. The van der Waals surface area contributed by atoms with Gasteiger partial charge in [0.2, 0.25) is 0 Å². The second kappa shape index (κ2) is 8.18. The number of aromatic nitrogens is 2. The first kappa shape index (κ1) is 20.1. The van der Waals surface area contributed by atoms with Gasteiger partial charge in [-0.2, -0.15) is 5.10 Å². The second-order valence-electron chi connectivity index (χ2n) is 7.55. The number of nitrogens with one attached hydrogen (secondary N) is 2. The number of carbonyl (C=O) groups is 2. The van der Waals surface area contributed by atoms with Crippen LogP contribution in [0.1, 0.15) is 36.8 Å². The molecule has 1 heterocycles. The molecule has 0 fully saturated rings.